The second-order valence-electron chi connectivity index (χ2n) is 0.606. The number of nitrogens with one attached hydrogen (secondary N) is 1. The number of hydrogen-bond acceptors (Lipinski definition) is 1. The zero-order chi connectivity index (χ0) is 4.12. The summed E-state index contributed by atoms with van der Waals surface area (Å²) in [6.07, 6.45) is 2.09. The number of rotatable bonds is 2. The van der Waals surface area contributed by atoms with Crippen molar-refractivity contribution < 1.29 is 0 Å². The molecule has 0 aromatic carbocycles. The molecule has 0 saturated carbocycles. The summed E-state index contributed by atoms with van der Waals surface area (Å²) in [6.45, 7) is 0. The van der Waals surface area contributed by atoms with E-state index >= 15 is 0 Å². The van der Waals surface area contributed by atoms with Crippen LogP contribution in [0.15, 0.2) is 0 Å². The van der Waals surface area contributed by atoms with E-state index in [1.165, 1.54) is 6.21 Å². The number of hydrogen-bond donors (Lipinski definition) is 1. The van der Waals surface area contributed by atoms with Gasteiger partial charge in [0.1, 0.15) is 0 Å². The van der Waals surface area contributed by atoms with Crippen LogP contribution >= 0.6 is 0 Å². The quantitative estimate of drug-likeness (QED) is 0.406. The van der Waals surface area contributed by atoms with Crippen molar-refractivity contribution >= 4 is 26.7 Å². The van der Waals surface area contributed by atoms with E-state index in [4.69, 9.17) is 5.41 Å². The average molecular weight is 134 g/mol. The molecule has 28 valence electrons. The van der Waals surface area contributed by atoms with Gasteiger partial charge in [-0.3, -0.25) is 0 Å². The van der Waals surface area contributed by atoms with Gasteiger partial charge in [0.05, 0.1) is 0 Å². The summed E-state index contributed by atoms with van der Waals surface area (Å²) in [5.74, 6) is 0. The Labute approximate surface area is 39.3 Å². The summed E-state index contributed by atoms with van der Waals surface area (Å²) in [7, 11) is 0. The first-order valence-corrected chi connectivity index (χ1v) is 2.33. The van der Waals surface area contributed by atoms with Gasteiger partial charge >= 0.3 is 38.5 Å². The van der Waals surface area contributed by atoms with Crippen LogP contribution in [-0.2, 0) is 0 Å². The zero-order valence-corrected chi connectivity index (χ0v) is 4.48. The van der Waals surface area contributed by atoms with E-state index in [0.717, 1.165) is 6.42 Å². The second kappa shape index (κ2) is 4.06. The first kappa shape index (κ1) is 5.06. The maximum absolute atomic E-state index is 6.43. The summed E-state index contributed by atoms with van der Waals surface area (Å²) >= 11 is 2.67. The van der Waals surface area contributed by atoms with Crippen molar-refractivity contribution in [3.8, 4) is 0 Å². The minimum absolute atomic E-state index is 0.750. The fraction of sp³-hybridized carbons (Fsp3) is 0.333. The summed E-state index contributed by atoms with van der Waals surface area (Å²) < 4.78 is 0. The topological polar surface area (TPSA) is 23.9 Å². The molecule has 0 amide bonds. The van der Waals surface area contributed by atoms with Crippen LogP contribution in [0.4, 0.5) is 0 Å². The van der Waals surface area contributed by atoms with Gasteiger partial charge in [-0.1, -0.05) is 0 Å². The Morgan fingerprint density at radius 1 is 1.80 bits per heavy atom. The summed E-state index contributed by atoms with van der Waals surface area (Å²) in [6, 6.07) is 0. The molecule has 0 aliphatic rings. The van der Waals surface area contributed by atoms with Gasteiger partial charge in [-0.05, 0) is 0 Å². The summed E-state index contributed by atoms with van der Waals surface area (Å²) in [4.78, 5) is 1.81. The van der Waals surface area contributed by atoms with Crippen LogP contribution in [0.3, 0.4) is 0 Å². The normalized spacial score (nSPS) is 6.40. The molecule has 0 bridgehead atoms. The predicted octanol–water partition coefficient (Wildman–Crippen LogP) is -0.00323. The molecule has 0 radical (unpaired) electrons. The molecule has 0 aromatic heterocycles. The third-order valence-electron chi connectivity index (χ3n) is 0.214. The fourth-order valence-electron chi connectivity index (χ4n) is 0.0481. The van der Waals surface area contributed by atoms with Crippen LogP contribution in [0.5, 0.6) is 0 Å². The van der Waals surface area contributed by atoms with Crippen LogP contribution in [0.25, 0.3) is 0 Å². The molecule has 0 atom stereocenters. The van der Waals surface area contributed by atoms with Crippen molar-refractivity contribution in [1.29, 1.82) is 5.41 Å². The van der Waals surface area contributed by atoms with Crippen molar-refractivity contribution in [2.45, 2.75) is 6.42 Å². The van der Waals surface area contributed by atoms with Crippen molar-refractivity contribution in [1.82, 2.24) is 0 Å². The van der Waals surface area contributed by atoms with E-state index in [9.17, 15) is 0 Å². The van der Waals surface area contributed by atoms with Crippen LogP contribution in [0.1, 0.15) is 6.42 Å². The second-order valence-corrected chi connectivity index (χ2v) is 1.31. The van der Waals surface area contributed by atoms with Crippen LogP contribution in [0.2, 0.25) is 0 Å². The standard InChI is InChI=1S/C3H5NSe/c4-2-1-3-5/h2-4H,1H2. The molecule has 0 spiro atoms. The Morgan fingerprint density at radius 3 is 2.40 bits per heavy atom. The fourth-order valence-corrected chi connectivity index (χ4v) is 0.250. The SMILES string of the molecule is N=CCC=[Se]. The van der Waals surface area contributed by atoms with E-state index in [2.05, 4.69) is 15.6 Å². The molecule has 0 aliphatic heterocycles. The van der Waals surface area contributed by atoms with Gasteiger partial charge in [0.2, 0.25) is 0 Å². The van der Waals surface area contributed by atoms with Gasteiger partial charge in [0, 0.05) is 0 Å². The molecule has 0 heterocycles. The molecule has 2 heteroatoms. The Bertz CT molecular complexity index is 36.2. The minimum atomic E-state index is 0.750. The summed E-state index contributed by atoms with van der Waals surface area (Å²) in [5.41, 5.74) is 0. The Morgan fingerprint density at radius 2 is 2.40 bits per heavy atom. The Hall–Kier alpha value is 0.0595. The van der Waals surface area contributed by atoms with Crippen molar-refractivity contribution in [3.63, 3.8) is 0 Å². The van der Waals surface area contributed by atoms with Gasteiger partial charge in [0.25, 0.3) is 0 Å². The zero-order valence-electron chi connectivity index (χ0n) is 2.77. The molecule has 1 N–H and O–H groups in total. The van der Waals surface area contributed by atoms with Gasteiger partial charge in [0.15, 0.2) is 0 Å². The molecular weight excluding hydrogens is 129 g/mol. The third kappa shape index (κ3) is 4.06. The average Bonchev–Trinajstić information content (AvgIpc) is 1.41. The van der Waals surface area contributed by atoms with E-state index in [1.807, 2.05) is 4.92 Å². The van der Waals surface area contributed by atoms with E-state index in [-0.39, 0.29) is 0 Å². The van der Waals surface area contributed by atoms with Crippen molar-refractivity contribution in [2.24, 2.45) is 0 Å². The molecule has 0 unspecified atom stereocenters. The van der Waals surface area contributed by atoms with Gasteiger partial charge < -0.3 is 0 Å². The molecule has 5 heavy (non-hydrogen) atoms. The van der Waals surface area contributed by atoms with Crippen LogP contribution in [-0.4, -0.2) is 26.7 Å². The Balaban J connectivity index is 2.65. The van der Waals surface area contributed by atoms with Crippen molar-refractivity contribution in [2.75, 3.05) is 0 Å². The molecule has 0 fully saturated rings. The summed E-state index contributed by atoms with van der Waals surface area (Å²) in [5, 5.41) is 6.43. The molecule has 0 saturated heterocycles. The maximum atomic E-state index is 6.43. The van der Waals surface area contributed by atoms with E-state index in [1.54, 1.807) is 0 Å². The molecule has 0 aromatic rings. The van der Waals surface area contributed by atoms with E-state index < -0.39 is 0 Å². The molecule has 1 nitrogen and oxygen atoms in total. The molecule has 0 rings (SSSR count). The first-order chi connectivity index (χ1) is 2.41. The molecule has 0 aliphatic carbocycles. The van der Waals surface area contributed by atoms with Gasteiger partial charge in [-0.2, -0.15) is 0 Å². The monoisotopic (exact) mass is 135 g/mol. The predicted molar refractivity (Wildman–Crippen MR) is 25.2 cm³/mol. The first-order valence-electron chi connectivity index (χ1n) is 1.34. The Kier molecular flexibility index (Phi) is 4.11. The molecular formula is C3H5NSe. The van der Waals surface area contributed by atoms with Crippen molar-refractivity contribution in [3.05, 3.63) is 0 Å². The van der Waals surface area contributed by atoms with E-state index in [0.29, 0.717) is 0 Å². The van der Waals surface area contributed by atoms with Crippen LogP contribution < -0.4 is 0 Å². The van der Waals surface area contributed by atoms with Crippen LogP contribution in [0, 0.1) is 5.41 Å². The van der Waals surface area contributed by atoms with Gasteiger partial charge in [-0.25, -0.2) is 0 Å². The van der Waals surface area contributed by atoms with Gasteiger partial charge in [-0.15, -0.1) is 0 Å². The third-order valence-corrected chi connectivity index (χ3v) is 0.618.